The van der Waals surface area contributed by atoms with E-state index >= 15 is 0 Å². The van der Waals surface area contributed by atoms with Crippen LogP contribution in [0.3, 0.4) is 0 Å². The van der Waals surface area contributed by atoms with Crippen molar-refractivity contribution in [1.29, 1.82) is 0 Å². The first kappa shape index (κ1) is 22.0. The highest BCUT2D eigenvalue weighted by Gasteiger charge is 2.36. The van der Waals surface area contributed by atoms with Gasteiger partial charge in [0, 0.05) is 35.6 Å². The molecular formula is C28H22N4O3. The van der Waals surface area contributed by atoms with Crippen LogP contribution in [-0.2, 0) is 11.3 Å². The van der Waals surface area contributed by atoms with E-state index in [-0.39, 0.29) is 11.6 Å². The van der Waals surface area contributed by atoms with Crippen LogP contribution in [0.5, 0.6) is 0 Å². The maximum absolute atomic E-state index is 13.0. The van der Waals surface area contributed by atoms with Crippen molar-refractivity contribution in [1.82, 2.24) is 0 Å². The third kappa shape index (κ3) is 4.79. The summed E-state index contributed by atoms with van der Waals surface area (Å²) >= 11 is 0. The van der Waals surface area contributed by atoms with Crippen LogP contribution in [-0.4, -0.2) is 16.5 Å². The lowest BCUT2D eigenvalue weighted by Gasteiger charge is -2.14. The highest BCUT2D eigenvalue weighted by atomic mass is 16.6. The van der Waals surface area contributed by atoms with Crippen LogP contribution in [0.2, 0.25) is 0 Å². The molecule has 0 fully saturated rings. The lowest BCUT2D eigenvalue weighted by molar-refractivity contribution is -0.384. The zero-order valence-corrected chi connectivity index (χ0v) is 18.7. The molecule has 7 heteroatoms. The van der Waals surface area contributed by atoms with Crippen molar-refractivity contribution in [2.45, 2.75) is 12.5 Å². The molecule has 1 amide bonds. The van der Waals surface area contributed by atoms with Gasteiger partial charge in [0.05, 0.1) is 16.3 Å². The number of carbonyl (C=O) groups excluding carboxylic acids is 1. The van der Waals surface area contributed by atoms with Crippen molar-refractivity contribution in [3.05, 3.63) is 130 Å². The number of anilines is 2. The number of rotatable bonds is 7. The van der Waals surface area contributed by atoms with E-state index in [2.05, 4.69) is 10.6 Å². The Labute approximate surface area is 202 Å². The summed E-state index contributed by atoms with van der Waals surface area (Å²) in [5, 5.41) is 17.6. The molecule has 0 spiro atoms. The molecule has 1 unspecified atom stereocenters. The Kier molecular flexibility index (Phi) is 6.05. The molecule has 2 N–H and O–H groups in total. The fraction of sp³-hybridized carbons (Fsp3) is 0.0714. The van der Waals surface area contributed by atoms with Crippen molar-refractivity contribution >= 4 is 34.4 Å². The number of non-ortho nitro benzene ring substituents is 1. The summed E-state index contributed by atoms with van der Waals surface area (Å²) < 4.78 is 0. The van der Waals surface area contributed by atoms with Gasteiger partial charge < -0.3 is 10.6 Å². The molecule has 1 aliphatic heterocycles. The van der Waals surface area contributed by atoms with Crippen molar-refractivity contribution in [3.63, 3.8) is 0 Å². The van der Waals surface area contributed by atoms with Gasteiger partial charge in [-0.1, -0.05) is 60.7 Å². The Balaban J connectivity index is 1.48. The number of hydrogen-bond acceptors (Lipinski definition) is 5. The van der Waals surface area contributed by atoms with Crippen molar-refractivity contribution in [2.75, 3.05) is 10.6 Å². The molecule has 0 aliphatic carbocycles. The van der Waals surface area contributed by atoms with Crippen LogP contribution in [0.1, 0.15) is 22.6 Å². The van der Waals surface area contributed by atoms with Crippen molar-refractivity contribution in [2.24, 2.45) is 4.99 Å². The van der Waals surface area contributed by atoms with Crippen LogP contribution >= 0.6 is 0 Å². The monoisotopic (exact) mass is 462 g/mol. The molecule has 1 atom stereocenters. The van der Waals surface area contributed by atoms with Gasteiger partial charge in [0.2, 0.25) is 5.91 Å². The summed E-state index contributed by atoms with van der Waals surface area (Å²) in [5.41, 5.74) is 5.20. The van der Waals surface area contributed by atoms with E-state index in [1.165, 1.54) is 12.1 Å². The average molecular weight is 463 g/mol. The molecule has 35 heavy (non-hydrogen) atoms. The number of fused-ring (bicyclic) bond motifs is 1. The first-order valence-electron chi connectivity index (χ1n) is 11.2. The number of nitro benzene ring substituents is 1. The lowest BCUT2D eigenvalue weighted by atomic mass is 9.90. The number of nitro groups is 1. The summed E-state index contributed by atoms with van der Waals surface area (Å²) in [6.07, 6.45) is 0. The molecule has 172 valence electrons. The molecule has 1 heterocycles. The van der Waals surface area contributed by atoms with Gasteiger partial charge in [-0.3, -0.25) is 19.9 Å². The molecule has 0 saturated carbocycles. The van der Waals surface area contributed by atoms with Gasteiger partial charge in [-0.05, 0) is 41.5 Å². The van der Waals surface area contributed by atoms with Gasteiger partial charge in [-0.25, -0.2) is 0 Å². The van der Waals surface area contributed by atoms with Crippen molar-refractivity contribution < 1.29 is 9.72 Å². The van der Waals surface area contributed by atoms with E-state index in [0.717, 1.165) is 16.8 Å². The van der Waals surface area contributed by atoms with Gasteiger partial charge in [0.25, 0.3) is 5.69 Å². The number of amides is 1. The number of carbonyl (C=O) groups is 1. The number of para-hydroxylation sites is 1. The summed E-state index contributed by atoms with van der Waals surface area (Å²) in [7, 11) is 0. The Morgan fingerprint density at radius 3 is 2.29 bits per heavy atom. The normalized spacial score (nSPS) is 14.8. The Morgan fingerprint density at radius 1 is 0.914 bits per heavy atom. The quantitative estimate of drug-likeness (QED) is 0.198. The van der Waals surface area contributed by atoms with E-state index in [4.69, 9.17) is 4.99 Å². The Hall–Kier alpha value is -4.78. The zero-order chi connectivity index (χ0) is 24.2. The Bertz CT molecular complexity index is 1400. The second-order valence-corrected chi connectivity index (χ2v) is 8.20. The molecule has 4 aromatic rings. The summed E-state index contributed by atoms with van der Waals surface area (Å²) in [6.45, 7) is 0.668. The molecule has 7 nitrogen and oxygen atoms in total. The number of nitrogens with one attached hydrogen (secondary N) is 2. The van der Waals surface area contributed by atoms with Gasteiger partial charge in [0.1, 0.15) is 5.92 Å². The van der Waals surface area contributed by atoms with Crippen molar-refractivity contribution in [3.8, 4) is 0 Å². The van der Waals surface area contributed by atoms with E-state index in [9.17, 15) is 14.9 Å². The van der Waals surface area contributed by atoms with E-state index < -0.39 is 10.8 Å². The first-order valence-corrected chi connectivity index (χ1v) is 11.2. The molecule has 0 radical (unpaired) electrons. The van der Waals surface area contributed by atoms with Crippen LogP contribution in [0, 0.1) is 10.1 Å². The summed E-state index contributed by atoms with van der Waals surface area (Å²) in [6, 6.07) is 31.6. The fourth-order valence-corrected chi connectivity index (χ4v) is 4.13. The van der Waals surface area contributed by atoms with Crippen LogP contribution < -0.4 is 10.6 Å². The van der Waals surface area contributed by atoms with Crippen LogP contribution in [0.4, 0.5) is 22.7 Å². The van der Waals surface area contributed by atoms with Gasteiger partial charge in [-0.15, -0.1) is 0 Å². The number of aliphatic imine (C=N–C) groups is 1. The number of benzene rings is 4. The molecule has 4 aromatic carbocycles. The second kappa shape index (κ2) is 9.61. The second-order valence-electron chi connectivity index (χ2n) is 8.20. The molecule has 0 bridgehead atoms. The summed E-state index contributed by atoms with van der Waals surface area (Å²) in [4.78, 5) is 28.8. The average Bonchev–Trinajstić information content (AvgIpc) is 3.22. The number of hydrogen-bond donors (Lipinski definition) is 2. The fourth-order valence-electron chi connectivity index (χ4n) is 4.13. The van der Waals surface area contributed by atoms with Crippen LogP contribution in [0.25, 0.3) is 0 Å². The topological polar surface area (TPSA) is 96.6 Å². The minimum absolute atomic E-state index is 0.0621. The highest BCUT2D eigenvalue weighted by molar-refractivity contribution is 6.24. The van der Waals surface area contributed by atoms with E-state index in [1.807, 2.05) is 84.9 Å². The van der Waals surface area contributed by atoms with Gasteiger partial charge in [0.15, 0.2) is 0 Å². The van der Waals surface area contributed by atoms with Crippen LogP contribution in [0.15, 0.2) is 108 Å². The molecular weight excluding hydrogens is 440 g/mol. The number of nitrogens with zero attached hydrogens (tertiary/aromatic N) is 2. The van der Waals surface area contributed by atoms with E-state index in [1.54, 1.807) is 6.07 Å². The van der Waals surface area contributed by atoms with Gasteiger partial charge in [-0.2, -0.15) is 0 Å². The third-order valence-corrected chi connectivity index (χ3v) is 5.88. The zero-order valence-electron chi connectivity index (χ0n) is 18.7. The Morgan fingerprint density at radius 2 is 1.60 bits per heavy atom. The minimum Gasteiger partial charge on any atom is -0.381 e. The highest BCUT2D eigenvalue weighted by Crippen LogP contribution is 2.38. The lowest BCUT2D eigenvalue weighted by Crippen LogP contribution is -2.22. The molecule has 0 aromatic heterocycles. The third-order valence-electron chi connectivity index (χ3n) is 5.88. The predicted molar refractivity (Wildman–Crippen MR) is 137 cm³/mol. The minimum atomic E-state index is -0.758. The summed E-state index contributed by atoms with van der Waals surface area (Å²) in [5.74, 6) is -1.02. The maximum Gasteiger partial charge on any atom is 0.269 e. The first-order chi connectivity index (χ1) is 17.1. The standard InChI is InChI=1S/C28H22N4O3/c33-28-26(24-17-23(32(34)35)15-16-25(24)31-28)27(20-7-3-1-4-8-20)30-22-13-11-19(12-14-22)18-29-21-9-5-2-6-10-21/h1-17,26,29H,18H2,(H,31,33). The van der Waals surface area contributed by atoms with E-state index in [0.29, 0.717) is 29.2 Å². The largest absolute Gasteiger partial charge is 0.381 e. The predicted octanol–water partition coefficient (Wildman–Crippen LogP) is 6.06. The van der Waals surface area contributed by atoms with Gasteiger partial charge >= 0.3 is 0 Å². The molecule has 1 aliphatic rings. The molecule has 0 saturated heterocycles. The molecule has 5 rings (SSSR count). The maximum atomic E-state index is 13.0. The smallest absolute Gasteiger partial charge is 0.269 e. The SMILES string of the molecule is O=C1Nc2ccc([N+](=O)[O-])cc2C1C(=Nc1ccc(CNc2ccccc2)cc1)c1ccccc1.